The summed E-state index contributed by atoms with van der Waals surface area (Å²) >= 11 is 0. The van der Waals surface area contributed by atoms with Crippen LogP contribution < -0.4 is 5.46 Å². The van der Waals surface area contributed by atoms with Gasteiger partial charge in [0, 0.05) is 0 Å². The first-order chi connectivity index (χ1) is 7.72. The number of fused-ring (bicyclic) bond motifs is 1. The molecule has 2 saturated carbocycles. The first-order valence-corrected chi connectivity index (χ1v) is 6.19. The maximum Gasteiger partial charge on any atom is 0.488 e. The molecule has 2 fully saturated rings. The highest BCUT2D eigenvalue weighted by molar-refractivity contribution is 6.58. The molecule has 3 rings (SSSR count). The van der Waals surface area contributed by atoms with Crippen molar-refractivity contribution in [1.82, 2.24) is 0 Å². The van der Waals surface area contributed by atoms with Crippen LogP contribution in [0.3, 0.4) is 0 Å². The molecule has 1 aromatic rings. The lowest BCUT2D eigenvalue weighted by Gasteiger charge is -2.22. The summed E-state index contributed by atoms with van der Waals surface area (Å²) < 4.78 is 0. The molecular formula is C13H17BO2. The fourth-order valence-corrected chi connectivity index (χ4v) is 3.38. The van der Waals surface area contributed by atoms with Crippen LogP contribution in [0.25, 0.3) is 0 Å². The molecule has 2 unspecified atom stereocenters. The van der Waals surface area contributed by atoms with E-state index in [-0.39, 0.29) is 0 Å². The van der Waals surface area contributed by atoms with Crippen LogP contribution in [-0.4, -0.2) is 17.2 Å². The Morgan fingerprint density at radius 1 is 1.12 bits per heavy atom. The first-order valence-electron chi connectivity index (χ1n) is 6.19. The van der Waals surface area contributed by atoms with Gasteiger partial charge in [0.2, 0.25) is 0 Å². The van der Waals surface area contributed by atoms with Gasteiger partial charge >= 0.3 is 7.12 Å². The van der Waals surface area contributed by atoms with Crippen molar-refractivity contribution in [2.24, 2.45) is 5.92 Å². The maximum absolute atomic E-state index is 9.06. The molecule has 0 aliphatic heterocycles. The van der Waals surface area contributed by atoms with E-state index in [1.54, 1.807) is 0 Å². The van der Waals surface area contributed by atoms with E-state index in [1.165, 1.54) is 37.7 Å². The average Bonchev–Trinajstić information content (AvgIpc) is 3.04. The van der Waals surface area contributed by atoms with Crippen molar-refractivity contribution < 1.29 is 10.0 Å². The van der Waals surface area contributed by atoms with Gasteiger partial charge in [0.25, 0.3) is 0 Å². The Balaban J connectivity index is 1.85. The summed E-state index contributed by atoms with van der Waals surface area (Å²) in [5.74, 6) is 0.895. The molecule has 0 heterocycles. The highest BCUT2D eigenvalue weighted by atomic mass is 16.4. The quantitative estimate of drug-likeness (QED) is 0.729. The van der Waals surface area contributed by atoms with Crippen LogP contribution in [0.15, 0.2) is 24.3 Å². The van der Waals surface area contributed by atoms with E-state index in [0.29, 0.717) is 10.9 Å². The largest absolute Gasteiger partial charge is 0.488 e. The molecule has 0 amide bonds. The predicted octanol–water partition coefficient (Wildman–Crippen LogP) is 1.20. The van der Waals surface area contributed by atoms with E-state index >= 15 is 0 Å². The van der Waals surface area contributed by atoms with E-state index in [9.17, 15) is 0 Å². The van der Waals surface area contributed by atoms with Crippen LogP contribution in [0.2, 0.25) is 0 Å². The van der Waals surface area contributed by atoms with Crippen LogP contribution in [0.4, 0.5) is 0 Å². The van der Waals surface area contributed by atoms with Crippen LogP contribution in [0.1, 0.15) is 37.7 Å². The minimum absolute atomic E-state index is 0.456. The molecule has 2 nitrogen and oxygen atoms in total. The number of benzene rings is 1. The van der Waals surface area contributed by atoms with Gasteiger partial charge in [0.1, 0.15) is 0 Å². The summed E-state index contributed by atoms with van der Waals surface area (Å²) in [5.41, 5.74) is 2.45. The van der Waals surface area contributed by atoms with Gasteiger partial charge in [-0.1, -0.05) is 37.1 Å². The van der Waals surface area contributed by atoms with Gasteiger partial charge in [-0.15, -0.1) is 0 Å². The second-order valence-corrected chi connectivity index (χ2v) is 5.30. The lowest BCUT2D eigenvalue weighted by molar-refractivity contribution is 0.424. The Hall–Kier alpha value is -0.795. The van der Waals surface area contributed by atoms with Gasteiger partial charge in [0.15, 0.2) is 0 Å². The van der Waals surface area contributed by atoms with Crippen molar-refractivity contribution >= 4 is 12.6 Å². The minimum atomic E-state index is -1.34. The Morgan fingerprint density at radius 2 is 1.88 bits per heavy atom. The summed E-state index contributed by atoms with van der Waals surface area (Å²) in [5, 5.41) is 18.1. The highest BCUT2D eigenvalue weighted by Gasteiger charge is 2.55. The van der Waals surface area contributed by atoms with Crippen molar-refractivity contribution in [3.8, 4) is 0 Å². The number of rotatable bonds is 2. The first kappa shape index (κ1) is 10.4. The fraction of sp³-hybridized carbons (Fsp3) is 0.538. The van der Waals surface area contributed by atoms with Crippen LogP contribution in [0, 0.1) is 5.92 Å². The van der Waals surface area contributed by atoms with Gasteiger partial charge in [-0.25, -0.2) is 0 Å². The Labute approximate surface area is 96.5 Å². The van der Waals surface area contributed by atoms with Gasteiger partial charge in [0.05, 0.1) is 0 Å². The van der Waals surface area contributed by atoms with Crippen LogP contribution in [0.5, 0.6) is 0 Å². The van der Waals surface area contributed by atoms with Crippen molar-refractivity contribution in [2.75, 3.05) is 0 Å². The van der Waals surface area contributed by atoms with E-state index in [0.717, 1.165) is 5.92 Å². The fourth-order valence-electron chi connectivity index (χ4n) is 3.38. The van der Waals surface area contributed by atoms with E-state index in [2.05, 4.69) is 12.1 Å². The standard InChI is InChI=1S/C13H17BO2/c15-14(16)12-6-4-10(5-7-12)13-8-2-1-3-11(13)9-13/h4-7,11,15-16H,1-3,8-9H2. The predicted molar refractivity (Wildman–Crippen MR) is 64.5 cm³/mol. The third-order valence-electron chi connectivity index (χ3n) is 4.44. The van der Waals surface area contributed by atoms with Gasteiger partial charge in [-0.05, 0) is 41.6 Å². The molecule has 0 aromatic heterocycles. The molecule has 16 heavy (non-hydrogen) atoms. The lowest BCUT2D eigenvalue weighted by Crippen LogP contribution is -2.29. The summed E-state index contributed by atoms with van der Waals surface area (Å²) in [6.07, 6.45) is 6.78. The number of hydrogen-bond donors (Lipinski definition) is 2. The molecular weight excluding hydrogens is 199 g/mol. The maximum atomic E-state index is 9.06. The topological polar surface area (TPSA) is 40.5 Å². The molecule has 1 aromatic carbocycles. The second-order valence-electron chi connectivity index (χ2n) is 5.30. The summed E-state index contributed by atoms with van der Waals surface area (Å²) in [7, 11) is -1.34. The summed E-state index contributed by atoms with van der Waals surface area (Å²) in [6.45, 7) is 0. The zero-order valence-electron chi connectivity index (χ0n) is 9.39. The third kappa shape index (κ3) is 1.50. The highest BCUT2D eigenvalue weighted by Crippen LogP contribution is 2.62. The van der Waals surface area contributed by atoms with Crippen LogP contribution in [-0.2, 0) is 5.41 Å². The van der Waals surface area contributed by atoms with Gasteiger partial charge in [-0.3, -0.25) is 0 Å². The molecule has 2 aliphatic rings. The van der Waals surface area contributed by atoms with E-state index in [1.807, 2.05) is 12.1 Å². The van der Waals surface area contributed by atoms with E-state index < -0.39 is 7.12 Å². The summed E-state index contributed by atoms with van der Waals surface area (Å²) in [6, 6.07) is 7.86. The molecule has 0 bridgehead atoms. The molecule has 2 aliphatic carbocycles. The summed E-state index contributed by atoms with van der Waals surface area (Å²) in [4.78, 5) is 0. The number of hydrogen-bond acceptors (Lipinski definition) is 2. The molecule has 3 heteroatoms. The van der Waals surface area contributed by atoms with Crippen molar-refractivity contribution in [3.05, 3.63) is 29.8 Å². The van der Waals surface area contributed by atoms with Crippen molar-refractivity contribution in [2.45, 2.75) is 37.5 Å². The molecule has 2 N–H and O–H groups in total. The monoisotopic (exact) mass is 216 g/mol. The molecule has 0 spiro atoms. The normalized spacial score (nSPS) is 32.0. The second kappa shape index (κ2) is 3.61. The molecule has 2 atom stereocenters. The Bertz CT molecular complexity index is 387. The van der Waals surface area contributed by atoms with Crippen molar-refractivity contribution in [1.29, 1.82) is 0 Å². The lowest BCUT2D eigenvalue weighted by atomic mass is 9.77. The molecule has 0 radical (unpaired) electrons. The smallest absolute Gasteiger partial charge is 0.423 e. The molecule has 84 valence electrons. The Morgan fingerprint density at radius 3 is 2.50 bits per heavy atom. The van der Waals surface area contributed by atoms with Gasteiger partial charge in [-0.2, -0.15) is 0 Å². The zero-order chi connectivity index (χ0) is 11.2. The minimum Gasteiger partial charge on any atom is -0.423 e. The van der Waals surface area contributed by atoms with Crippen LogP contribution >= 0.6 is 0 Å². The SMILES string of the molecule is OB(O)c1ccc(C23CCCCC2C3)cc1. The van der Waals surface area contributed by atoms with Crippen molar-refractivity contribution in [3.63, 3.8) is 0 Å². The van der Waals surface area contributed by atoms with E-state index in [4.69, 9.17) is 10.0 Å². The van der Waals surface area contributed by atoms with Gasteiger partial charge < -0.3 is 10.0 Å². The average molecular weight is 216 g/mol. The molecule has 0 saturated heterocycles. The Kier molecular flexibility index (Phi) is 2.34. The third-order valence-corrected chi connectivity index (χ3v) is 4.44. The zero-order valence-corrected chi connectivity index (χ0v) is 9.39.